The van der Waals surface area contributed by atoms with E-state index in [2.05, 4.69) is 12.1 Å². The van der Waals surface area contributed by atoms with Gasteiger partial charge in [-0.25, -0.2) is 0 Å². The van der Waals surface area contributed by atoms with Crippen LogP contribution in [0.4, 0.5) is 0 Å². The number of hydrogen-bond donors (Lipinski definition) is 0. The standard InChI is InChI=1S/C15H21ClO2/c1-11(2)18-14-7-3-5-12(9-14)15-13(10-16)6-4-8-17-15/h3,5,7,9,11,13,15H,4,6,8,10H2,1-2H3. The van der Waals surface area contributed by atoms with Crippen molar-refractivity contribution in [1.82, 2.24) is 0 Å². The molecule has 1 aromatic rings. The van der Waals surface area contributed by atoms with Crippen molar-refractivity contribution < 1.29 is 9.47 Å². The van der Waals surface area contributed by atoms with Crippen LogP contribution in [0.3, 0.4) is 0 Å². The van der Waals surface area contributed by atoms with Gasteiger partial charge in [0.1, 0.15) is 5.75 Å². The molecule has 0 radical (unpaired) electrons. The van der Waals surface area contributed by atoms with Gasteiger partial charge in [0.15, 0.2) is 0 Å². The van der Waals surface area contributed by atoms with Crippen LogP contribution in [0.2, 0.25) is 0 Å². The first kappa shape index (κ1) is 13.7. The third-order valence-corrected chi connectivity index (χ3v) is 3.60. The average Bonchev–Trinajstić information content (AvgIpc) is 2.38. The molecule has 0 spiro atoms. The van der Waals surface area contributed by atoms with Crippen molar-refractivity contribution in [1.29, 1.82) is 0 Å². The summed E-state index contributed by atoms with van der Waals surface area (Å²) < 4.78 is 11.6. The fourth-order valence-electron chi connectivity index (χ4n) is 2.41. The van der Waals surface area contributed by atoms with Gasteiger partial charge in [0.2, 0.25) is 0 Å². The van der Waals surface area contributed by atoms with Crippen LogP contribution in [0.15, 0.2) is 24.3 Å². The van der Waals surface area contributed by atoms with E-state index in [1.54, 1.807) is 0 Å². The molecule has 2 unspecified atom stereocenters. The van der Waals surface area contributed by atoms with E-state index in [4.69, 9.17) is 21.1 Å². The summed E-state index contributed by atoms with van der Waals surface area (Å²) in [5.41, 5.74) is 1.18. The minimum absolute atomic E-state index is 0.118. The van der Waals surface area contributed by atoms with Gasteiger partial charge >= 0.3 is 0 Å². The second-order valence-corrected chi connectivity index (χ2v) is 5.40. The van der Waals surface area contributed by atoms with Crippen LogP contribution in [-0.4, -0.2) is 18.6 Å². The maximum absolute atomic E-state index is 6.04. The first-order valence-corrected chi connectivity index (χ1v) is 7.18. The highest BCUT2D eigenvalue weighted by Crippen LogP contribution is 2.35. The van der Waals surface area contributed by atoms with E-state index in [1.807, 2.05) is 26.0 Å². The smallest absolute Gasteiger partial charge is 0.120 e. The van der Waals surface area contributed by atoms with Crippen molar-refractivity contribution in [2.45, 2.75) is 38.9 Å². The van der Waals surface area contributed by atoms with Crippen LogP contribution >= 0.6 is 11.6 Å². The second kappa shape index (κ2) is 6.44. The molecule has 1 fully saturated rings. The van der Waals surface area contributed by atoms with Crippen molar-refractivity contribution in [2.75, 3.05) is 12.5 Å². The zero-order valence-corrected chi connectivity index (χ0v) is 11.8. The van der Waals surface area contributed by atoms with Crippen LogP contribution in [0.1, 0.15) is 38.4 Å². The predicted octanol–water partition coefficient (Wildman–Crippen LogP) is 4.18. The molecule has 1 aliphatic heterocycles. The molecular weight excluding hydrogens is 248 g/mol. The zero-order valence-electron chi connectivity index (χ0n) is 11.1. The minimum Gasteiger partial charge on any atom is -0.491 e. The Morgan fingerprint density at radius 2 is 2.28 bits per heavy atom. The molecule has 0 bridgehead atoms. The fraction of sp³-hybridized carbons (Fsp3) is 0.600. The van der Waals surface area contributed by atoms with Gasteiger partial charge in [0.25, 0.3) is 0 Å². The maximum Gasteiger partial charge on any atom is 0.120 e. The summed E-state index contributed by atoms with van der Waals surface area (Å²) in [7, 11) is 0. The first-order valence-electron chi connectivity index (χ1n) is 6.65. The van der Waals surface area contributed by atoms with Gasteiger partial charge in [-0.2, -0.15) is 0 Å². The molecule has 2 atom stereocenters. The van der Waals surface area contributed by atoms with E-state index in [-0.39, 0.29) is 12.2 Å². The van der Waals surface area contributed by atoms with Gasteiger partial charge in [-0.3, -0.25) is 0 Å². The quantitative estimate of drug-likeness (QED) is 0.763. The van der Waals surface area contributed by atoms with E-state index in [0.717, 1.165) is 25.2 Å². The minimum atomic E-state index is 0.118. The predicted molar refractivity (Wildman–Crippen MR) is 74.3 cm³/mol. The van der Waals surface area contributed by atoms with Crippen LogP contribution in [0, 0.1) is 5.92 Å². The SMILES string of the molecule is CC(C)Oc1cccc(C2OCCCC2CCl)c1. The van der Waals surface area contributed by atoms with Crippen molar-refractivity contribution in [2.24, 2.45) is 5.92 Å². The maximum atomic E-state index is 6.04. The fourth-order valence-corrected chi connectivity index (χ4v) is 2.72. The lowest BCUT2D eigenvalue weighted by molar-refractivity contribution is -0.0209. The molecular formula is C15H21ClO2. The molecule has 18 heavy (non-hydrogen) atoms. The van der Waals surface area contributed by atoms with Gasteiger partial charge in [-0.15, -0.1) is 11.6 Å². The summed E-state index contributed by atoms with van der Waals surface area (Å²) in [5, 5.41) is 0. The lowest BCUT2D eigenvalue weighted by atomic mass is 9.91. The van der Waals surface area contributed by atoms with Gasteiger partial charge in [0.05, 0.1) is 12.2 Å². The molecule has 0 aliphatic carbocycles. The lowest BCUT2D eigenvalue weighted by Crippen LogP contribution is -2.23. The summed E-state index contributed by atoms with van der Waals surface area (Å²) in [6.45, 7) is 4.89. The van der Waals surface area contributed by atoms with Crippen molar-refractivity contribution in [3.8, 4) is 5.75 Å². The van der Waals surface area contributed by atoms with Crippen molar-refractivity contribution in [3.05, 3.63) is 29.8 Å². The molecule has 3 heteroatoms. The molecule has 1 aliphatic rings. The second-order valence-electron chi connectivity index (χ2n) is 5.09. The Labute approximate surface area is 114 Å². The van der Waals surface area contributed by atoms with Crippen molar-refractivity contribution in [3.63, 3.8) is 0 Å². The molecule has 1 heterocycles. The highest BCUT2D eigenvalue weighted by Gasteiger charge is 2.26. The summed E-state index contributed by atoms with van der Waals surface area (Å²) in [6.07, 6.45) is 2.56. The number of alkyl halides is 1. The topological polar surface area (TPSA) is 18.5 Å². The van der Waals surface area contributed by atoms with Crippen molar-refractivity contribution >= 4 is 11.6 Å². The molecule has 1 aromatic carbocycles. The number of hydrogen-bond acceptors (Lipinski definition) is 2. The largest absolute Gasteiger partial charge is 0.491 e. The Kier molecular flexibility index (Phi) is 4.90. The summed E-state index contributed by atoms with van der Waals surface area (Å²) in [5.74, 6) is 1.97. The Morgan fingerprint density at radius 1 is 1.44 bits per heavy atom. The number of ether oxygens (including phenoxy) is 2. The molecule has 1 saturated heterocycles. The number of halogens is 1. The summed E-state index contributed by atoms with van der Waals surface area (Å²) in [4.78, 5) is 0. The van der Waals surface area contributed by atoms with E-state index in [0.29, 0.717) is 11.8 Å². The van der Waals surface area contributed by atoms with Gasteiger partial charge in [-0.1, -0.05) is 12.1 Å². The first-order chi connectivity index (χ1) is 8.70. The molecule has 100 valence electrons. The molecule has 0 amide bonds. The highest BCUT2D eigenvalue weighted by atomic mass is 35.5. The Balaban J connectivity index is 2.15. The molecule has 0 N–H and O–H groups in total. The number of rotatable bonds is 4. The zero-order chi connectivity index (χ0) is 13.0. The third-order valence-electron chi connectivity index (χ3n) is 3.20. The van der Waals surface area contributed by atoms with Gasteiger partial charge < -0.3 is 9.47 Å². The molecule has 2 rings (SSSR count). The lowest BCUT2D eigenvalue weighted by Gasteiger charge is -2.31. The van der Waals surface area contributed by atoms with Gasteiger partial charge in [-0.05, 0) is 44.4 Å². The van der Waals surface area contributed by atoms with E-state index < -0.39 is 0 Å². The Hall–Kier alpha value is -0.730. The van der Waals surface area contributed by atoms with E-state index in [1.165, 1.54) is 5.56 Å². The number of benzene rings is 1. The monoisotopic (exact) mass is 268 g/mol. The van der Waals surface area contributed by atoms with Crippen LogP contribution in [0.5, 0.6) is 5.75 Å². The normalized spacial score (nSPS) is 24.2. The highest BCUT2D eigenvalue weighted by molar-refractivity contribution is 6.18. The van der Waals surface area contributed by atoms with E-state index >= 15 is 0 Å². The molecule has 0 saturated carbocycles. The van der Waals surface area contributed by atoms with Gasteiger partial charge in [0, 0.05) is 18.4 Å². The van der Waals surface area contributed by atoms with E-state index in [9.17, 15) is 0 Å². The van der Waals surface area contributed by atoms with Crippen LogP contribution in [-0.2, 0) is 4.74 Å². The molecule has 2 nitrogen and oxygen atoms in total. The Morgan fingerprint density at radius 3 is 3.00 bits per heavy atom. The summed E-state index contributed by atoms with van der Waals surface area (Å²) >= 11 is 6.04. The Bertz CT molecular complexity index is 379. The van der Waals surface area contributed by atoms with Crippen LogP contribution in [0.25, 0.3) is 0 Å². The third kappa shape index (κ3) is 3.39. The summed E-state index contributed by atoms with van der Waals surface area (Å²) in [6, 6.07) is 8.19. The average molecular weight is 269 g/mol. The molecule has 0 aromatic heterocycles. The van der Waals surface area contributed by atoms with Crippen LogP contribution < -0.4 is 4.74 Å².